The third-order valence-corrected chi connectivity index (χ3v) is 6.03. The molecule has 0 saturated heterocycles. The number of ether oxygens (including phenoxy) is 2. The number of carbonyl (C=O) groups is 3. The van der Waals surface area contributed by atoms with Gasteiger partial charge in [-0.3, -0.25) is 9.59 Å². The number of carbonyl (C=O) groups excluding carboxylic acids is 3. The molecule has 42 heavy (non-hydrogen) atoms. The summed E-state index contributed by atoms with van der Waals surface area (Å²) < 4.78 is 10.9. The number of nitrogens with one attached hydrogen (secondary N) is 2. The van der Waals surface area contributed by atoms with Gasteiger partial charge < -0.3 is 19.7 Å². The van der Waals surface area contributed by atoms with Gasteiger partial charge in [-0.2, -0.15) is 5.10 Å². The first kappa shape index (κ1) is 29.3. The Morgan fingerprint density at radius 1 is 0.762 bits per heavy atom. The van der Waals surface area contributed by atoms with Crippen molar-refractivity contribution < 1.29 is 23.9 Å². The van der Waals surface area contributed by atoms with Crippen LogP contribution in [0.1, 0.15) is 31.8 Å². The number of hydrogen-bond donors (Lipinski definition) is 2. The first-order valence-electron chi connectivity index (χ1n) is 13.0. The third-order valence-electron chi connectivity index (χ3n) is 6.03. The zero-order chi connectivity index (χ0) is 29.9. The summed E-state index contributed by atoms with van der Waals surface area (Å²) in [5.74, 6) is -1.02. The average Bonchev–Trinajstić information content (AvgIpc) is 3.02. The maximum atomic E-state index is 13.1. The fourth-order valence-corrected chi connectivity index (χ4v) is 3.79. The summed E-state index contributed by atoms with van der Waals surface area (Å²) in [6.45, 7) is 0. The Morgan fingerprint density at radius 3 is 2.00 bits per heavy atom. The molecule has 2 amide bonds. The van der Waals surface area contributed by atoms with Crippen LogP contribution in [0.3, 0.4) is 0 Å². The summed E-state index contributed by atoms with van der Waals surface area (Å²) >= 11 is 0. The first-order valence-corrected chi connectivity index (χ1v) is 13.0. The summed E-state index contributed by atoms with van der Waals surface area (Å²) in [6, 6.07) is 29.6. The van der Waals surface area contributed by atoms with E-state index >= 15 is 0 Å². The molecule has 0 heterocycles. The zero-order valence-corrected chi connectivity index (χ0v) is 23.4. The molecule has 0 saturated carbocycles. The van der Waals surface area contributed by atoms with E-state index in [1.807, 2.05) is 49.3 Å². The second-order valence-corrected chi connectivity index (χ2v) is 9.23. The molecule has 2 N–H and O–H groups in total. The van der Waals surface area contributed by atoms with Gasteiger partial charge in [0.2, 0.25) is 0 Å². The van der Waals surface area contributed by atoms with Gasteiger partial charge in [-0.05, 0) is 71.8 Å². The highest BCUT2D eigenvalue weighted by molar-refractivity contribution is 6.05. The Kier molecular flexibility index (Phi) is 9.82. The van der Waals surface area contributed by atoms with Gasteiger partial charge in [0.1, 0.15) is 5.70 Å². The standard InChI is InChI=1S/C33H30N4O5/c1-37(2)27-17-14-23(15-18-27)20-28(35-31(38)25-10-6-4-7-11-25)32(39)36-34-22-24-16-19-29(30(21-24)41-3)42-33(40)26-12-8-5-9-13-26/h4-22H,1-3H3,(H,35,38)(H,36,39)/b28-20+,34-22-. The smallest absolute Gasteiger partial charge is 0.343 e. The van der Waals surface area contributed by atoms with E-state index in [9.17, 15) is 14.4 Å². The Labute approximate surface area is 244 Å². The normalized spacial score (nSPS) is 11.1. The van der Waals surface area contributed by atoms with Crippen LogP contribution in [-0.2, 0) is 4.79 Å². The van der Waals surface area contributed by atoms with Gasteiger partial charge >= 0.3 is 5.97 Å². The molecular weight excluding hydrogens is 532 g/mol. The van der Waals surface area contributed by atoms with E-state index in [1.54, 1.807) is 78.9 Å². The lowest BCUT2D eigenvalue weighted by molar-refractivity contribution is -0.117. The van der Waals surface area contributed by atoms with Crippen molar-refractivity contribution in [1.29, 1.82) is 0 Å². The van der Waals surface area contributed by atoms with Crippen LogP contribution in [0.2, 0.25) is 0 Å². The molecule has 4 rings (SSSR count). The molecule has 0 aliphatic heterocycles. The average molecular weight is 563 g/mol. The van der Waals surface area contributed by atoms with Crippen LogP contribution in [-0.4, -0.2) is 45.2 Å². The second kappa shape index (κ2) is 14.1. The molecule has 0 radical (unpaired) electrons. The van der Waals surface area contributed by atoms with Crippen molar-refractivity contribution in [3.8, 4) is 11.5 Å². The van der Waals surface area contributed by atoms with Crippen molar-refractivity contribution in [1.82, 2.24) is 10.7 Å². The molecule has 0 aliphatic rings. The van der Waals surface area contributed by atoms with Crippen molar-refractivity contribution >= 4 is 35.8 Å². The minimum atomic E-state index is -0.618. The van der Waals surface area contributed by atoms with Crippen LogP contribution in [0.5, 0.6) is 11.5 Å². The van der Waals surface area contributed by atoms with Gasteiger partial charge in [-0.1, -0.05) is 48.5 Å². The van der Waals surface area contributed by atoms with Gasteiger partial charge in [-0.15, -0.1) is 0 Å². The molecule has 9 nitrogen and oxygen atoms in total. The van der Waals surface area contributed by atoms with E-state index in [0.29, 0.717) is 28.0 Å². The van der Waals surface area contributed by atoms with Crippen LogP contribution in [0.25, 0.3) is 6.08 Å². The quantitative estimate of drug-likeness (QED) is 0.0936. The Bertz CT molecular complexity index is 1600. The Balaban J connectivity index is 1.49. The number of rotatable bonds is 10. The van der Waals surface area contributed by atoms with Gasteiger partial charge in [0.15, 0.2) is 11.5 Å². The summed E-state index contributed by atoms with van der Waals surface area (Å²) in [4.78, 5) is 40.3. The highest BCUT2D eigenvalue weighted by atomic mass is 16.6. The number of esters is 1. The number of benzene rings is 4. The molecule has 0 atom stereocenters. The van der Waals surface area contributed by atoms with E-state index in [2.05, 4.69) is 15.8 Å². The topological polar surface area (TPSA) is 109 Å². The molecule has 9 heteroatoms. The summed E-state index contributed by atoms with van der Waals surface area (Å²) in [5.41, 5.74) is 5.57. The molecule has 0 bridgehead atoms. The highest BCUT2D eigenvalue weighted by Gasteiger charge is 2.15. The fourth-order valence-electron chi connectivity index (χ4n) is 3.79. The molecule has 0 fully saturated rings. The van der Waals surface area contributed by atoms with Crippen LogP contribution in [0.4, 0.5) is 5.69 Å². The van der Waals surface area contributed by atoms with Crippen molar-refractivity contribution in [2.24, 2.45) is 5.10 Å². The van der Waals surface area contributed by atoms with Gasteiger partial charge in [0, 0.05) is 25.3 Å². The van der Waals surface area contributed by atoms with Gasteiger partial charge in [0.05, 0.1) is 18.9 Å². The van der Waals surface area contributed by atoms with Crippen molar-refractivity contribution in [3.63, 3.8) is 0 Å². The van der Waals surface area contributed by atoms with Crippen molar-refractivity contribution in [3.05, 3.63) is 131 Å². The summed E-state index contributed by atoms with van der Waals surface area (Å²) in [7, 11) is 5.32. The maximum Gasteiger partial charge on any atom is 0.343 e. The molecule has 212 valence electrons. The van der Waals surface area contributed by atoms with E-state index in [4.69, 9.17) is 9.47 Å². The third kappa shape index (κ3) is 7.92. The number of anilines is 1. The van der Waals surface area contributed by atoms with Gasteiger partial charge in [0.25, 0.3) is 11.8 Å². The lowest BCUT2D eigenvalue weighted by Gasteiger charge is -2.13. The fraction of sp³-hybridized carbons (Fsp3) is 0.0909. The number of hydrogen-bond acceptors (Lipinski definition) is 7. The molecule has 4 aromatic carbocycles. The van der Waals surface area contributed by atoms with Crippen LogP contribution >= 0.6 is 0 Å². The molecule has 4 aromatic rings. The number of nitrogens with zero attached hydrogens (tertiary/aromatic N) is 2. The predicted octanol–water partition coefficient (Wildman–Crippen LogP) is 4.90. The van der Waals surface area contributed by atoms with Crippen LogP contribution < -0.4 is 25.1 Å². The van der Waals surface area contributed by atoms with E-state index in [1.165, 1.54) is 13.3 Å². The molecule has 0 aliphatic carbocycles. The molecular formula is C33H30N4O5. The van der Waals surface area contributed by atoms with Crippen molar-refractivity contribution in [2.45, 2.75) is 0 Å². The molecule has 0 spiro atoms. The Hall–Kier alpha value is -5.70. The predicted molar refractivity (Wildman–Crippen MR) is 163 cm³/mol. The molecule has 0 unspecified atom stereocenters. The van der Waals surface area contributed by atoms with E-state index in [-0.39, 0.29) is 11.4 Å². The maximum absolute atomic E-state index is 13.1. The van der Waals surface area contributed by atoms with E-state index in [0.717, 1.165) is 5.69 Å². The monoisotopic (exact) mass is 562 g/mol. The van der Waals surface area contributed by atoms with Gasteiger partial charge in [-0.25, -0.2) is 10.2 Å². The summed E-state index contributed by atoms with van der Waals surface area (Å²) in [5, 5.41) is 6.73. The minimum absolute atomic E-state index is 0.0133. The number of amides is 2. The highest BCUT2D eigenvalue weighted by Crippen LogP contribution is 2.28. The van der Waals surface area contributed by atoms with Crippen LogP contribution in [0, 0.1) is 0 Å². The van der Waals surface area contributed by atoms with Crippen molar-refractivity contribution in [2.75, 3.05) is 26.1 Å². The second-order valence-electron chi connectivity index (χ2n) is 9.23. The summed E-state index contributed by atoms with van der Waals surface area (Å²) in [6.07, 6.45) is 2.98. The van der Waals surface area contributed by atoms with Crippen LogP contribution in [0.15, 0.2) is 114 Å². The minimum Gasteiger partial charge on any atom is -0.493 e. The number of methoxy groups -OCH3 is 1. The zero-order valence-electron chi connectivity index (χ0n) is 23.4. The Morgan fingerprint density at radius 2 is 1.38 bits per heavy atom. The molecule has 0 aromatic heterocycles. The lowest BCUT2D eigenvalue weighted by Crippen LogP contribution is -2.32. The first-order chi connectivity index (χ1) is 20.3. The SMILES string of the molecule is COc1cc(/C=N\NC(=O)/C(=C\c2ccc(N(C)C)cc2)NC(=O)c2ccccc2)ccc1OC(=O)c1ccccc1. The lowest BCUT2D eigenvalue weighted by atomic mass is 10.1. The van der Waals surface area contributed by atoms with E-state index < -0.39 is 17.8 Å². The number of hydrazone groups is 1. The largest absolute Gasteiger partial charge is 0.493 e.